The summed E-state index contributed by atoms with van der Waals surface area (Å²) in [6, 6.07) is 38.0. The molecule has 0 spiro atoms. The largest absolute Gasteiger partial charge is 0.295 e. The molecule has 1 aliphatic carbocycles. The van der Waals surface area contributed by atoms with Crippen molar-refractivity contribution in [2.75, 3.05) is 0 Å². The Kier molecular flexibility index (Phi) is 6.85. The van der Waals surface area contributed by atoms with Crippen LogP contribution in [0.2, 0.25) is 0 Å². The van der Waals surface area contributed by atoms with Crippen molar-refractivity contribution in [2.45, 2.75) is 45.4 Å². The number of pyridine rings is 1. The fourth-order valence-corrected chi connectivity index (χ4v) is 6.10. The van der Waals surface area contributed by atoms with E-state index in [2.05, 4.69) is 80.6 Å². The maximum atomic E-state index is 12.1. The number of aryl methyl sites for hydroxylation is 2. The van der Waals surface area contributed by atoms with E-state index in [-0.39, 0.29) is 5.78 Å². The number of hydrogen-bond acceptors (Lipinski definition) is 3. The van der Waals surface area contributed by atoms with E-state index in [1.165, 1.54) is 11.1 Å². The average Bonchev–Trinajstić information content (AvgIpc) is 3.35. The summed E-state index contributed by atoms with van der Waals surface area (Å²) in [6.07, 6.45) is 2.09. The number of aromatic nitrogens is 1. The van der Waals surface area contributed by atoms with Crippen molar-refractivity contribution in [3.05, 3.63) is 137 Å². The predicted molar refractivity (Wildman–Crippen MR) is 166 cm³/mol. The van der Waals surface area contributed by atoms with E-state index in [1.807, 2.05) is 42.5 Å². The smallest absolute Gasteiger partial charge is 0.159 e. The number of benzene rings is 4. The van der Waals surface area contributed by atoms with Crippen LogP contribution in [0.5, 0.6) is 0 Å². The first kappa shape index (κ1) is 26.4. The number of nitriles is 1. The van der Waals surface area contributed by atoms with Gasteiger partial charge in [0.2, 0.25) is 0 Å². The highest BCUT2D eigenvalue weighted by Gasteiger charge is 2.43. The minimum Gasteiger partial charge on any atom is -0.295 e. The maximum Gasteiger partial charge on any atom is 0.159 e. The number of fused-ring (bicyclic) bond motifs is 1. The van der Waals surface area contributed by atoms with Crippen LogP contribution in [0.4, 0.5) is 0 Å². The molecule has 1 aliphatic rings. The molecule has 1 atom stereocenters. The van der Waals surface area contributed by atoms with Gasteiger partial charge in [-0.25, -0.2) is 0 Å². The number of hydrogen-bond donors (Lipinski definition) is 0. The van der Waals surface area contributed by atoms with Crippen LogP contribution in [-0.4, -0.2) is 10.8 Å². The van der Waals surface area contributed by atoms with Gasteiger partial charge in [-0.2, -0.15) is 5.26 Å². The van der Waals surface area contributed by atoms with Crippen LogP contribution in [0.3, 0.4) is 0 Å². The molecule has 0 saturated carbocycles. The summed E-state index contributed by atoms with van der Waals surface area (Å²) < 4.78 is 0. The number of nitrogens with zero attached hydrogens (tertiary/aromatic N) is 2. The van der Waals surface area contributed by atoms with Crippen molar-refractivity contribution in [3.8, 4) is 39.6 Å². The molecule has 0 radical (unpaired) electrons. The zero-order valence-electron chi connectivity index (χ0n) is 23.7. The number of ketones is 1. The molecule has 1 aromatic heterocycles. The molecule has 0 N–H and O–H groups in total. The monoisotopic (exact) mass is 532 g/mol. The minimum absolute atomic E-state index is 0.0435. The van der Waals surface area contributed by atoms with Crippen LogP contribution in [0.15, 0.2) is 103 Å². The molecule has 0 bridgehead atoms. The molecule has 41 heavy (non-hydrogen) atoms. The molecule has 5 aromatic rings. The number of carbonyl (C=O) groups is 1. The Bertz CT molecular complexity index is 1780. The van der Waals surface area contributed by atoms with E-state index in [1.54, 1.807) is 6.92 Å². The Morgan fingerprint density at radius 3 is 1.93 bits per heavy atom. The molecule has 200 valence electrons. The van der Waals surface area contributed by atoms with Gasteiger partial charge in [-0.05, 0) is 67.9 Å². The van der Waals surface area contributed by atoms with E-state index < -0.39 is 5.41 Å². The normalized spacial score (nSPS) is 15.8. The third-order valence-corrected chi connectivity index (χ3v) is 8.36. The highest BCUT2D eigenvalue weighted by molar-refractivity contribution is 5.97. The Labute approximate surface area is 242 Å². The number of rotatable bonds is 6. The van der Waals surface area contributed by atoms with Gasteiger partial charge in [0, 0.05) is 16.7 Å². The predicted octanol–water partition coefficient (Wildman–Crippen LogP) is 8.85. The van der Waals surface area contributed by atoms with Crippen molar-refractivity contribution in [3.63, 3.8) is 0 Å². The van der Waals surface area contributed by atoms with Gasteiger partial charge >= 0.3 is 0 Å². The number of Topliss-reactive ketones (excluding diaryl/α,β-unsaturated/α-hetero) is 1. The zero-order chi connectivity index (χ0) is 28.6. The summed E-state index contributed by atoms with van der Waals surface area (Å²) in [5.74, 6) is 0.0435. The van der Waals surface area contributed by atoms with Gasteiger partial charge in [-0.1, -0.05) is 114 Å². The summed E-state index contributed by atoms with van der Waals surface area (Å²) in [5.41, 5.74) is 11.7. The molecule has 0 amide bonds. The Balaban J connectivity index is 1.69. The molecule has 1 unspecified atom stereocenters. The first-order valence-corrected chi connectivity index (χ1v) is 14.2. The van der Waals surface area contributed by atoms with E-state index >= 15 is 0 Å². The lowest BCUT2D eigenvalue weighted by Gasteiger charge is -2.25. The standard InChI is InChI=1S/C38H32N2O/c1-25-9-13-31(14-10-25)35-34(30-19-17-29(18-20-30)27(3)41)33-21-22-38(24-39,23-28-7-5-4-6-8-28)37(33)40-36(35)32-15-11-26(2)12-16-32/h4-20H,21-23H2,1-3H3. The van der Waals surface area contributed by atoms with Gasteiger partial charge in [0.05, 0.1) is 17.5 Å². The van der Waals surface area contributed by atoms with Crippen molar-refractivity contribution < 1.29 is 4.79 Å². The van der Waals surface area contributed by atoms with Crippen LogP contribution in [-0.2, 0) is 18.3 Å². The summed E-state index contributed by atoms with van der Waals surface area (Å²) in [7, 11) is 0. The Morgan fingerprint density at radius 1 is 0.780 bits per heavy atom. The van der Waals surface area contributed by atoms with Gasteiger partial charge < -0.3 is 0 Å². The van der Waals surface area contributed by atoms with Crippen molar-refractivity contribution in [2.24, 2.45) is 0 Å². The highest BCUT2D eigenvalue weighted by Crippen LogP contribution is 2.50. The molecule has 0 fully saturated rings. The lowest BCUT2D eigenvalue weighted by Crippen LogP contribution is -2.25. The topological polar surface area (TPSA) is 53.8 Å². The SMILES string of the molecule is CC(=O)c1ccc(-c2c3c(nc(-c4ccc(C)cc4)c2-c2ccc(C)cc2)C(C#N)(Cc2ccccc2)CC3)cc1. The summed E-state index contributed by atoms with van der Waals surface area (Å²) in [6.45, 7) is 5.78. The van der Waals surface area contributed by atoms with Gasteiger partial charge in [0.25, 0.3) is 0 Å². The van der Waals surface area contributed by atoms with Crippen molar-refractivity contribution >= 4 is 5.78 Å². The van der Waals surface area contributed by atoms with Crippen LogP contribution >= 0.6 is 0 Å². The summed E-state index contributed by atoms with van der Waals surface area (Å²) >= 11 is 0. The quantitative estimate of drug-likeness (QED) is 0.205. The molecule has 4 aromatic carbocycles. The fourth-order valence-electron chi connectivity index (χ4n) is 6.10. The molecular formula is C38H32N2O. The third-order valence-electron chi connectivity index (χ3n) is 8.36. The van der Waals surface area contributed by atoms with E-state index in [4.69, 9.17) is 4.98 Å². The van der Waals surface area contributed by atoms with Crippen LogP contribution in [0.1, 0.15) is 51.7 Å². The zero-order valence-corrected chi connectivity index (χ0v) is 23.7. The van der Waals surface area contributed by atoms with E-state index in [0.29, 0.717) is 18.4 Å². The van der Waals surface area contributed by atoms with E-state index in [9.17, 15) is 10.1 Å². The van der Waals surface area contributed by atoms with Gasteiger partial charge in [-0.15, -0.1) is 0 Å². The van der Waals surface area contributed by atoms with Gasteiger partial charge in [0.1, 0.15) is 5.41 Å². The second-order valence-electron chi connectivity index (χ2n) is 11.3. The van der Waals surface area contributed by atoms with E-state index in [0.717, 1.165) is 56.8 Å². The number of carbonyl (C=O) groups excluding carboxylic acids is 1. The molecule has 6 rings (SSSR count). The summed E-state index contributed by atoms with van der Waals surface area (Å²) in [5, 5.41) is 10.8. The van der Waals surface area contributed by atoms with Crippen LogP contribution < -0.4 is 0 Å². The Morgan fingerprint density at radius 2 is 1.34 bits per heavy atom. The lowest BCUT2D eigenvalue weighted by atomic mass is 9.79. The fraction of sp³-hybridized carbons (Fsp3) is 0.184. The highest BCUT2D eigenvalue weighted by atomic mass is 16.1. The van der Waals surface area contributed by atoms with Gasteiger partial charge in [-0.3, -0.25) is 9.78 Å². The van der Waals surface area contributed by atoms with Crippen molar-refractivity contribution in [1.29, 1.82) is 5.26 Å². The summed E-state index contributed by atoms with van der Waals surface area (Å²) in [4.78, 5) is 17.5. The molecule has 0 saturated heterocycles. The second kappa shape index (κ2) is 10.6. The average molecular weight is 533 g/mol. The lowest BCUT2D eigenvalue weighted by molar-refractivity contribution is 0.101. The maximum absolute atomic E-state index is 12.1. The second-order valence-corrected chi connectivity index (χ2v) is 11.3. The van der Waals surface area contributed by atoms with Crippen LogP contribution in [0, 0.1) is 25.2 Å². The molecular weight excluding hydrogens is 500 g/mol. The molecule has 0 aliphatic heterocycles. The van der Waals surface area contributed by atoms with Crippen LogP contribution in [0.25, 0.3) is 33.5 Å². The molecule has 3 heteroatoms. The minimum atomic E-state index is -0.726. The van der Waals surface area contributed by atoms with Crippen molar-refractivity contribution in [1.82, 2.24) is 4.98 Å². The molecule has 1 heterocycles. The Hall–Kier alpha value is -4.81. The third kappa shape index (κ3) is 4.87. The van der Waals surface area contributed by atoms with Gasteiger partial charge in [0.15, 0.2) is 5.78 Å². The first-order valence-electron chi connectivity index (χ1n) is 14.2. The molecule has 3 nitrogen and oxygen atoms in total. The first-order chi connectivity index (χ1) is 19.9.